The largest absolute Gasteiger partial charge is 0.481 e. The van der Waals surface area contributed by atoms with Gasteiger partial charge in [-0.15, -0.1) is 0 Å². The van der Waals surface area contributed by atoms with Gasteiger partial charge in [-0.2, -0.15) is 0 Å². The standard InChI is InChI=1S/C8H6O10/c9-3(10)1-5(13)17-7(15)8(16)18-6(14)2-4(11)12/h1-2H2,(H,9,10)(H,11,12). The molecule has 0 bridgehead atoms. The number of hydrogen-bond donors (Lipinski definition) is 2. The van der Waals surface area contributed by atoms with Crippen LogP contribution in [0.15, 0.2) is 0 Å². The second-order valence-corrected chi connectivity index (χ2v) is 2.66. The number of rotatable bonds is 4. The van der Waals surface area contributed by atoms with Gasteiger partial charge in [-0.3, -0.25) is 19.2 Å². The van der Waals surface area contributed by atoms with Crippen molar-refractivity contribution in [1.29, 1.82) is 0 Å². The van der Waals surface area contributed by atoms with Crippen molar-refractivity contribution in [3.05, 3.63) is 0 Å². The van der Waals surface area contributed by atoms with Gasteiger partial charge in [-0.1, -0.05) is 0 Å². The second-order valence-electron chi connectivity index (χ2n) is 2.66. The fourth-order valence-corrected chi connectivity index (χ4v) is 0.609. The summed E-state index contributed by atoms with van der Waals surface area (Å²) in [6.45, 7) is 0. The molecule has 0 heterocycles. The van der Waals surface area contributed by atoms with Crippen LogP contribution in [-0.4, -0.2) is 46.0 Å². The summed E-state index contributed by atoms with van der Waals surface area (Å²) in [6.07, 6.45) is -2.33. The van der Waals surface area contributed by atoms with E-state index in [4.69, 9.17) is 10.2 Å². The van der Waals surface area contributed by atoms with E-state index in [0.29, 0.717) is 0 Å². The molecule has 0 radical (unpaired) electrons. The van der Waals surface area contributed by atoms with Gasteiger partial charge in [0.05, 0.1) is 0 Å². The van der Waals surface area contributed by atoms with Gasteiger partial charge in [0, 0.05) is 0 Å². The normalized spacial score (nSPS) is 9.11. The lowest BCUT2D eigenvalue weighted by Crippen LogP contribution is -2.27. The molecule has 0 saturated heterocycles. The summed E-state index contributed by atoms with van der Waals surface area (Å²) in [4.78, 5) is 62.8. The van der Waals surface area contributed by atoms with E-state index in [1.807, 2.05) is 0 Å². The SMILES string of the molecule is O=C(O)CC(=O)OC(=O)C(=O)OC(=O)CC(=O)O. The number of esters is 4. The van der Waals surface area contributed by atoms with Crippen LogP contribution in [0.2, 0.25) is 0 Å². The van der Waals surface area contributed by atoms with Crippen molar-refractivity contribution < 1.29 is 48.5 Å². The van der Waals surface area contributed by atoms with Gasteiger partial charge in [-0.25, -0.2) is 9.59 Å². The molecule has 0 aliphatic carbocycles. The molecule has 0 aromatic carbocycles. The molecule has 0 spiro atoms. The lowest BCUT2D eigenvalue weighted by atomic mass is 10.4. The number of carbonyl (C=O) groups is 6. The Balaban J connectivity index is 4.23. The number of hydrogen-bond acceptors (Lipinski definition) is 8. The van der Waals surface area contributed by atoms with Crippen LogP contribution >= 0.6 is 0 Å². The Hall–Kier alpha value is -2.78. The van der Waals surface area contributed by atoms with Crippen LogP contribution in [0.1, 0.15) is 12.8 Å². The predicted molar refractivity (Wildman–Crippen MR) is 46.7 cm³/mol. The molecule has 2 N–H and O–H groups in total. The molecule has 0 amide bonds. The fourth-order valence-electron chi connectivity index (χ4n) is 0.609. The molecule has 0 fully saturated rings. The zero-order valence-corrected chi connectivity index (χ0v) is 8.57. The quantitative estimate of drug-likeness (QED) is 0.331. The minimum Gasteiger partial charge on any atom is -0.481 e. The fraction of sp³-hybridized carbons (Fsp3) is 0.250. The molecule has 0 aromatic rings. The summed E-state index contributed by atoms with van der Waals surface area (Å²) < 4.78 is 7.39. The average molecular weight is 262 g/mol. The third-order valence-electron chi connectivity index (χ3n) is 1.17. The van der Waals surface area contributed by atoms with Crippen LogP contribution in [0.3, 0.4) is 0 Å². The lowest BCUT2D eigenvalue weighted by Gasteiger charge is -2.00. The molecule has 98 valence electrons. The minimum absolute atomic E-state index is 1.16. The molecular weight excluding hydrogens is 256 g/mol. The maximum Gasteiger partial charge on any atom is 0.425 e. The van der Waals surface area contributed by atoms with Crippen LogP contribution in [0.4, 0.5) is 0 Å². The molecule has 18 heavy (non-hydrogen) atoms. The number of carboxylic acids is 2. The number of carboxylic acid groups (broad SMARTS) is 2. The van der Waals surface area contributed by atoms with E-state index < -0.39 is 48.7 Å². The summed E-state index contributed by atoms with van der Waals surface area (Å²) in [5.41, 5.74) is 0. The van der Waals surface area contributed by atoms with Gasteiger partial charge in [-0.05, 0) is 0 Å². The van der Waals surface area contributed by atoms with Gasteiger partial charge in [0.1, 0.15) is 12.8 Å². The highest BCUT2D eigenvalue weighted by Crippen LogP contribution is 1.93. The maximum atomic E-state index is 10.7. The summed E-state index contributed by atoms with van der Waals surface area (Å²) in [5, 5.41) is 16.3. The summed E-state index contributed by atoms with van der Waals surface area (Å²) in [7, 11) is 0. The van der Waals surface area contributed by atoms with Crippen molar-refractivity contribution in [3.8, 4) is 0 Å². The zero-order valence-electron chi connectivity index (χ0n) is 8.57. The van der Waals surface area contributed by atoms with E-state index >= 15 is 0 Å². The van der Waals surface area contributed by atoms with Crippen LogP contribution in [0.25, 0.3) is 0 Å². The third-order valence-corrected chi connectivity index (χ3v) is 1.17. The molecule has 0 aromatic heterocycles. The summed E-state index contributed by atoms with van der Waals surface area (Å²) >= 11 is 0. The molecule has 0 aliphatic rings. The molecule has 0 atom stereocenters. The molecule has 10 heteroatoms. The van der Waals surface area contributed by atoms with Crippen LogP contribution < -0.4 is 0 Å². The molecule has 0 saturated carbocycles. The number of ether oxygens (including phenoxy) is 2. The van der Waals surface area contributed by atoms with Crippen molar-refractivity contribution in [3.63, 3.8) is 0 Å². The van der Waals surface area contributed by atoms with Gasteiger partial charge >= 0.3 is 35.8 Å². The van der Waals surface area contributed by atoms with E-state index in [2.05, 4.69) is 9.47 Å². The maximum absolute atomic E-state index is 10.7. The summed E-state index contributed by atoms with van der Waals surface area (Å²) in [6, 6.07) is 0. The first-order valence-corrected chi connectivity index (χ1v) is 4.15. The summed E-state index contributed by atoms with van der Waals surface area (Å²) in [5.74, 6) is -10.1. The molecular formula is C8H6O10. The van der Waals surface area contributed by atoms with E-state index in [9.17, 15) is 28.8 Å². The van der Waals surface area contributed by atoms with E-state index in [-0.39, 0.29) is 0 Å². The van der Waals surface area contributed by atoms with Crippen molar-refractivity contribution in [2.24, 2.45) is 0 Å². The Bertz CT molecular complexity index is 380. The third kappa shape index (κ3) is 6.66. The highest BCUT2D eigenvalue weighted by Gasteiger charge is 2.25. The van der Waals surface area contributed by atoms with Gasteiger partial charge < -0.3 is 19.7 Å². The lowest BCUT2D eigenvalue weighted by molar-refractivity contribution is -0.178. The minimum atomic E-state index is -1.92. The highest BCUT2D eigenvalue weighted by atomic mass is 16.6. The zero-order chi connectivity index (χ0) is 14.3. The first-order valence-electron chi connectivity index (χ1n) is 4.15. The molecule has 0 rings (SSSR count). The van der Waals surface area contributed by atoms with Crippen molar-refractivity contribution in [2.45, 2.75) is 12.8 Å². The average Bonchev–Trinajstić information content (AvgIpc) is 2.13. The molecule has 10 nitrogen and oxygen atoms in total. The van der Waals surface area contributed by atoms with Crippen molar-refractivity contribution in [1.82, 2.24) is 0 Å². The Labute approximate surface area is 98.1 Å². The van der Waals surface area contributed by atoms with Crippen molar-refractivity contribution >= 4 is 35.8 Å². The topological polar surface area (TPSA) is 161 Å². The molecule has 0 unspecified atom stereocenters. The monoisotopic (exact) mass is 262 g/mol. The predicted octanol–water partition coefficient (Wildman–Crippen LogP) is -1.92. The van der Waals surface area contributed by atoms with Gasteiger partial charge in [0.15, 0.2) is 0 Å². The van der Waals surface area contributed by atoms with Crippen LogP contribution in [0, 0.1) is 0 Å². The Morgan fingerprint density at radius 3 is 1.17 bits per heavy atom. The number of carbonyl (C=O) groups excluding carboxylic acids is 4. The van der Waals surface area contributed by atoms with E-state index in [1.54, 1.807) is 0 Å². The first-order chi connectivity index (χ1) is 8.22. The van der Waals surface area contributed by atoms with Crippen LogP contribution in [0.5, 0.6) is 0 Å². The first kappa shape index (κ1) is 15.2. The van der Waals surface area contributed by atoms with Crippen molar-refractivity contribution in [2.75, 3.05) is 0 Å². The van der Waals surface area contributed by atoms with E-state index in [1.165, 1.54) is 0 Å². The van der Waals surface area contributed by atoms with Crippen LogP contribution in [-0.2, 0) is 38.2 Å². The smallest absolute Gasteiger partial charge is 0.425 e. The highest BCUT2D eigenvalue weighted by molar-refractivity contribution is 6.33. The van der Waals surface area contributed by atoms with E-state index in [0.717, 1.165) is 0 Å². The van der Waals surface area contributed by atoms with Gasteiger partial charge in [0.2, 0.25) is 0 Å². The Kier molecular flexibility index (Phi) is 5.69. The molecule has 0 aliphatic heterocycles. The second kappa shape index (κ2) is 6.73. The Morgan fingerprint density at radius 1 is 0.667 bits per heavy atom. The Morgan fingerprint density at radius 2 is 0.944 bits per heavy atom. The van der Waals surface area contributed by atoms with Gasteiger partial charge in [0.25, 0.3) is 0 Å². The number of aliphatic carboxylic acids is 2.